The van der Waals surface area contributed by atoms with Crippen LogP contribution in [0, 0.1) is 11.7 Å². The summed E-state index contributed by atoms with van der Waals surface area (Å²) in [6.07, 6.45) is 3.16. The van der Waals surface area contributed by atoms with Crippen LogP contribution < -0.4 is 10.1 Å². The van der Waals surface area contributed by atoms with Crippen LogP contribution in [0.1, 0.15) is 24.5 Å². The lowest BCUT2D eigenvalue weighted by atomic mass is 9.87. The van der Waals surface area contributed by atoms with Gasteiger partial charge in [-0.3, -0.25) is 0 Å². The summed E-state index contributed by atoms with van der Waals surface area (Å²) in [5.74, 6) is -0.282. The van der Waals surface area contributed by atoms with Crippen molar-refractivity contribution in [1.29, 1.82) is 0 Å². The molecule has 1 aliphatic heterocycles. The fraction of sp³-hybridized carbons (Fsp3) is 0.500. The second-order valence-corrected chi connectivity index (χ2v) is 6.03. The fourth-order valence-electron chi connectivity index (χ4n) is 2.82. The highest BCUT2D eigenvalue weighted by Crippen LogP contribution is 2.42. The van der Waals surface area contributed by atoms with E-state index in [1.54, 1.807) is 19.3 Å². The Labute approximate surface area is 140 Å². The van der Waals surface area contributed by atoms with E-state index in [0.717, 1.165) is 25.9 Å². The normalized spacial score (nSPS) is 17.3. The number of hydrogen-bond acceptors (Lipinski definition) is 3. The molecule has 0 bridgehead atoms. The van der Waals surface area contributed by atoms with Gasteiger partial charge in [0, 0.05) is 12.7 Å². The van der Waals surface area contributed by atoms with E-state index >= 15 is 0 Å². The first-order valence-electron chi connectivity index (χ1n) is 7.24. The smallest absolute Gasteiger partial charge is 0.185 e. The lowest BCUT2D eigenvalue weighted by molar-refractivity contribution is 0.0359. The Morgan fingerprint density at radius 2 is 2.14 bits per heavy atom. The van der Waals surface area contributed by atoms with Crippen LogP contribution in [-0.2, 0) is 4.74 Å². The zero-order valence-electron chi connectivity index (χ0n) is 12.5. The van der Waals surface area contributed by atoms with E-state index in [0.29, 0.717) is 5.56 Å². The molecule has 1 atom stereocenters. The molecule has 0 radical (unpaired) electrons. The molecular weight excluding hydrogens is 328 g/mol. The molecule has 6 heteroatoms. The number of hydrogen-bond donors (Lipinski definition) is 1. The standard InChI is InChI=1S/C16H20Cl2FNO2/c1-3-8-22-16-11(9-12(17)13(18)14(16)19)15(21-2)10-4-6-20-7-5-10/h3,9-10,15,20H,1,4-8H2,2H3. The quantitative estimate of drug-likeness (QED) is 0.611. The molecule has 1 fully saturated rings. The summed E-state index contributed by atoms with van der Waals surface area (Å²) in [5.41, 5.74) is 0.600. The van der Waals surface area contributed by atoms with Crippen molar-refractivity contribution >= 4 is 23.2 Å². The maximum Gasteiger partial charge on any atom is 0.185 e. The Balaban J connectivity index is 2.43. The number of nitrogens with one attached hydrogen (secondary N) is 1. The summed E-state index contributed by atoms with van der Waals surface area (Å²) < 4.78 is 25.6. The van der Waals surface area contributed by atoms with E-state index in [1.165, 1.54) is 0 Å². The molecule has 1 heterocycles. The van der Waals surface area contributed by atoms with Crippen molar-refractivity contribution in [3.8, 4) is 5.75 Å². The van der Waals surface area contributed by atoms with E-state index in [4.69, 9.17) is 32.7 Å². The van der Waals surface area contributed by atoms with Gasteiger partial charge in [0.05, 0.1) is 16.1 Å². The third-order valence-electron chi connectivity index (χ3n) is 3.86. The first kappa shape index (κ1) is 17.5. The van der Waals surface area contributed by atoms with Crippen LogP contribution in [0.2, 0.25) is 10.0 Å². The maximum atomic E-state index is 14.5. The number of benzene rings is 1. The van der Waals surface area contributed by atoms with Gasteiger partial charge >= 0.3 is 0 Å². The summed E-state index contributed by atoms with van der Waals surface area (Å²) in [7, 11) is 1.62. The van der Waals surface area contributed by atoms with Crippen molar-refractivity contribution in [3.63, 3.8) is 0 Å². The molecule has 22 heavy (non-hydrogen) atoms. The SMILES string of the molecule is C=CCOc1c(C(OC)C2CCNCC2)cc(Cl)c(Cl)c1F. The number of methoxy groups -OCH3 is 1. The predicted octanol–water partition coefficient (Wildman–Crippen LogP) is 4.38. The first-order chi connectivity index (χ1) is 10.6. The highest BCUT2D eigenvalue weighted by Gasteiger charge is 2.30. The first-order valence-corrected chi connectivity index (χ1v) is 8.00. The number of ether oxygens (including phenoxy) is 2. The van der Waals surface area contributed by atoms with E-state index < -0.39 is 5.82 Å². The lowest BCUT2D eigenvalue weighted by Crippen LogP contribution is -2.31. The van der Waals surface area contributed by atoms with Crippen LogP contribution in [0.15, 0.2) is 18.7 Å². The van der Waals surface area contributed by atoms with Gasteiger partial charge in [0.15, 0.2) is 11.6 Å². The van der Waals surface area contributed by atoms with Crippen molar-refractivity contribution in [2.75, 3.05) is 26.8 Å². The molecule has 122 valence electrons. The second-order valence-electron chi connectivity index (χ2n) is 5.25. The Morgan fingerprint density at radius 1 is 1.45 bits per heavy atom. The Kier molecular flexibility index (Phi) is 6.50. The number of piperidine rings is 1. The van der Waals surface area contributed by atoms with Crippen LogP contribution >= 0.6 is 23.2 Å². The molecule has 1 N–H and O–H groups in total. The van der Waals surface area contributed by atoms with Crippen LogP contribution in [0.25, 0.3) is 0 Å². The number of halogens is 3. The van der Waals surface area contributed by atoms with Crippen molar-refractivity contribution < 1.29 is 13.9 Å². The largest absolute Gasteiger partial charge is 0.486 e. The minimum Gasteiger partial charge on any atom is -0.486 e. The van der Waals surface area contributed by atoms with Crippen molar-refractivity contribution in [3.05, 3.63) is 40.1 Å². The van der Waals surface area contributed by atoms with Gasteiger partial charge < -0.3 is 14.8 Å². The van der Waals surface area contributed by atoms with Gasteiger partial charge in [0.2, 0.25) is 0 Å². The molecule has 3 nitrogen and oxygen atoms in total. The van der Waals surface area contributed by atoms with Gasteiger partial charge in [0.1, 0.15) is 6.61 Å². The molecule has 0 spiro atoms. The molecule has 1 aromatic carbocycles. The molecule has 0 aliphatic carbocycles. The molecule has 1 aromatic rings. The Bertz CT molecular complexity index is 533. The average molecular weight is 348 g/mol. The van der Waals surface area contributed by atoms with Crippen molar-refractivity contribution in [1.82, 2.24) is 5.32 Å². The highest BCUT2D eigenvalue weighted by atomic mass is 35.5. The van der Waals surface area contributed by atoms with E-state index in [-0.39, 0.29) is 34.4 Å². The van der Waals surface area contributed by atoms with Gasteiger partial charge in [-0.05, 0) is 37.9 Å². The van der Waals surface area contributed by atoms with Crippen molar-refractivity contribution in [2.45, 2.75) is 18.9 Å². The zero-order chi connectivity index (χ0) is 16.1. The molecule has 1 saturated heterocycles. The molecule has 0 amide bonds. The van der Waals surface area contributed by atoms with Gasteiger partial charge in [0.25, 0.3) is 0 Å². The predicted molar refractivity (Wildman–Crippen MR) is 87.5 cm³/mol. The van der Waals surface area contributed by atoms with Crippen LogP contribution in [0.3, 0.4) is 0 Å². The van der Waals surface area contributed by atoms with Gasteiger partial charge in [-0.15, -0.1) is 0 Å². The van der Waals surface area contributed by atoms with Crippen LogP contribution in [-0.4, -0.2) is 26.8 Å². The molecule has 0 saturated carbocycles. The summed E-state index contributed by atoms with van der Waals surface area (Å²) >= 11 is 12.0. The molecular formula is C16H20Cl2FNO2. The van der Waals surface area contributed by atoms with E-state index in [1.807, 2.05) is 0 Å². The summed E-state index contributed by atoms with van der Waals surface area (Å²) in [5, 5.41) is 3.33. The molecule has 2 rings (SSSR count). The third-order valence-corrected chi connectivity index (χ3v) is 4.63. The second kappa shape index (κ2) is 8.16. The average Bonchev–Trinajstić information content (AvgIpc) is 2.54. The highest BCUT2D eigenvalue weighted by molar-refractivity contribution is 6.42. The molecule has 1 aliphatic rings. The van der Waals surface area contributed by atoms with Gasteiger partial charge in [-0.1, -0.05) is 35.9 Å². The van der Waals surface area contributed by atoms with E-state index in [9.17, 15) is 4.39 Å². The zero-order valence-corrected chi connectivity index (χ0v) is 14.0. The topological polar surface area (TPSA) is 30.5 Å². The Morgan fingerprint density at radius 3 is 2.73 bits per heavy atom. The molecule has 1 unspecified atom stereocenters. The summed E-state index contributed by atoms with van der Waals surface area (Å²) in [6, 6.07) is 1.64. The molecule has 0 aromatic heterocycles. The monoisotopic (exact) mass is 347 g/mol. The number of rotatable bonds is 6. The lowest BCUT2D eigenvalue weighted by Gasteiger charge is -2.31. The minimum absolute atomic E-state index is 0.0969. The van der Waals surface area contributed by atoms with E-state index in [2.05, 4.69) is 11.9 Å². The van der Waals surface area contributed by atoms with Gasteiger partial charge in [-0.25, -0.2) is 4.39 Å². The summed E-state index contributed by atoms with van der Waals surface area (Å²) in [6.45, 7) is 5.60. The minimum atomic E-state index is -0.651. The van der Waals surface area contributed by atoms with Crippen LogP contribution in [0.4, 0.5) is 4.39 Å². The summed E-state index contributed by atoms with van der Waals surface area (Å²) in [4.78, 5) is 0. The fourth-order valence-corrected chi connectivity index (χ4v) is 3.16. The van der Waals surface area contributed by atoms with Crippen molar-refractivity contribution in [2.24, 2.45) is 5.92 Å². The van der Waals surface area contributed by atoms with Gasteiger partial charge in [-0.2, -0.15) is 0 Å². The third kappa shape index (κ3) is 3.74. The maximum absolute atomic E-state index is 14.5. The Hall–Kier alpha value is -0.810. The van der Waals surface area contributed by atoms with Crippen LogP contribution in [0.5, 0.6) is 5.75 Å².